The molecule has 0 bridgehead atoms. The molecule has 2 aromatic heterocycles. The number of aromatic nitrogens is 3. The van der Waals surface area contributed by atoms with Gasteiger partial charge in [-0.15, -0.1) is 11.3 Å². The molecule has 0 spiro atoms. The Labute approximate surface area is 99.1 Å². The number of anilines is 1. The van der Waals surface area contributed by atoms with Gasteiger partial charge in [0.15, 0.2) is 0 Å². The number of hydrogen-bond acceptors (Lipinski definition) is 4. The lowest BCUT2D eigenvalue weighted by atomic mass is 10.1. The molecule has 0 aliphatic rings. The van der Waals surface area contributed by atoms with Crippen molar-refractivity contribution in [2.75, 3.05) is 5.73 Å². The van der Waals surface area contributed by atoms with E-state index < -0.39 is 0 Å². The zero-order valence-electron chi connectivity index (χ0n) is 10.0. The van der Waals surface area contributed by atoms with Gasteiger partial charge in [0.1, 0.15) is 11.5 Å². The Balaban J connectivity index is 2.64. The van der Waals surface area contributed by atoms with E-state index in [1.807, 2.05) is 20.9 Å². The lowest BCUT2D eigenvalue weighted by Gasteiger charge is -1.98. The number of hydrogen-bond donors (Lipinski definition) is 1. The van der Waals surface area contributed by atoms with Crippen LogP contribution in [0.1, 0.15) is 23.2 Å². The molecule has 0 atom stereocenters. The van der Waals surface area contributed by atoms with E-state index in [2.05, 4.69) is 17.0 Å². The molecule has 0 radical (unpaired) electrons. The summed E-state index contributed by atoms with van der Waals surface area (Å²) < 4.78 is 1.74. The van der Waals surface area contributed by atoms with Crippen LogP contribution in [0.4, 0.5) is 5.82 Å². The summed E-state index contributed by atoms with van der Waals surface area (Å²) in [5.41, 5.74) is 9.14. The minimum absolute atomic E-state index is 0.753. The first-order chi connectivity index (χ1) is 7.54. The summed E-state index contributed by atoms with van der Waals surface area (Å²) >= 11 is 1.68. The van der Waals surface area contributed by atoms with Crippen LogP contribution < -0.4 is 5.73 Å². The van der Waals surface area contributed by atoms with Gasteiger partial charge in [0.25, 0.3) is 0 Å². The average molecular weight is 236 g/mol. The van der Waals surface area contributed by atoms with Gasteiger partial charge < -0.3 is 5.73 Å². The quantitative estimate of drug-likeness (QED) is 0.870. The highest BCUT2D eigenvalue weighted by atomic mass is 32.1. The molecule has 0 unspecified atom stereocenters. The molecule has 0 fully saturated rings. The minimum atomic E-state index is 0.753. The maximum Gasteiger partial charge on any atom is 0.125 e. The fraction of sp³-hybridized carbons (Fsp3) is 0.455. The molecule has 0 amide bonds. The number of rotatable bonds is 2. The predicted molar refractivity (Wildman–Crippen MR) is 67.6 cm³/mol. The van der Waals surface area contributed by atoms with E-state index in [9.17, 15) is 0 Å². The van der Waals surface area contributed by atoms with E-state index in [-0.39, 0.29) is 0 Å². The molecule has 2 N–H and O–H groups in total. The lowest BCUT2D eigenvalue weighted by Crippen LogP contribution is -1.98. The van der Waals surface area contributed by atoms with Crippen LogP contribution in [-0.2, 0) is 13.5 Å². The maximum atomic E-state index is 5.99. The molecular weight excluding hydrogens is 220 g/mol. The van der Waals surface area contributed by atoms with E-state index in [0.717, 1.165) is 39.1 Å². The second kappa shape index (κ2) is 3.90. The van der Waals surface area contributed by atoms with Crippen molar-refractivity contribution in [3.8, 4) is 10.6 Å². The summed E-state index contributed by atoms with van der Waals surface area (Å²) in [5, 5.41) is 5.56. The maximum absolute atomic E-state index is 5.99. The normalized spacial score (nSPS) is 11.0. The predicted octanol–water partition coefficient (Wildman–Crippen LogP) is 2.31. The summed E-state index contributed by atoms with van der Waals surface area (Å²) in [7, 11) is 1.88. The Hall–Kier alpha value is -1.36. The van der Waals surface area contributed by atoms with E-state index in [1.165, 1.54) is 0 Å². The van der Waals surface area contributed by atoms with Gasteiger partial charge in [0, 0.05) is 12.6 Å². The first-order valence-electron chi connectivity index (χ1n) is 5.30. The summed E-state index contributed by atoms with van der Waals surface area (Å²) in [6.45, 7) is 6.13. The average Bonchev–Trinajstić information content (AvgIpc) is 2.69. The lowest BCUT2D eigenvalue weighted by molar-refractivity contribution is 0.782. The second-order valence-electron chi connectivity index (χ2n) is 3.84. The Morgan fingerprint density at radius 2 is 2.06 bits per heavy atom. The molecule has 0 saturated heterocycles. The molecule has 16 heavy (non-hydrogen) atoms. The van der Waals surface area contributed by atoms with Gasteiger partial charge in [-0.2, -0.15) is 5.10 Å². The van der Waals surface area contributed by atoms with Gasteiger partial charge >= 0.3 is 0 Å². The molecule has 2 rings (SSSR count). The van der Waals surface area contributed by atoms with Gasteiger partial charge in [-0.25, -0.2) is 4.98 Å². The van der Waals surface area contributed by atoms with Crippen LogP contribution in [-0.4, -0.2) is 14.8 Å². The molecule has 86 valence electrons. The topological polar surface area (TPSA) is 56.7 Å². The van der Waals surface area contributed by atoms with Gasteiger partial charge in [-0.05, 0) is 20.3 Å². The molecule has 5 heteroatoms. The Morgan fingerprint density at radius 1 is 1.38 bits per heavy atom. The molecule has 2 heterocycles. The van der Waals surface area contributed by atoms with E-state index >= 15 is 0 Å². The molecule has 4 nitrogen and oxygen atoms in total. The number of nitrogen functional groups attached to an aromatic ring is 1. The number of aryl methyl sites for hydroxylation is 3. The highest BCUT2D eigenvalue weighted by Crippen LogP contribution is 2.33. The molecule has 0 aliphatic heterocycles. The van der Waals surface area contributed by atoms with Crippen molar-refractivity contribution in [1.29, 1.82) is 0 Å². The standard InChI is InChI=1S/C11H16N4S/c1-5-8-9(14-15(4)11(8)12)10-6(2)13-7(3)16-10/h5,12H2,1-4H3. The molecule has 0 saturated carbocycles. The Bertz CT molecular complexity index is 524. The summed E-state index contributed by atoms with van der Waals surface area (Å²) in [5.74, 6) is 0.753. The molecule has 2 aromatic rings. The Morgan fingerprint density at radius 3 is 2.56 bits per heavy atom. The van der Waals surface area contributed by atoms with Crippen LogP contribution in [0.3, 0.4) is 0 Å². The van der Waals surface area contributed by atoms with Crippen molar-refractivity contribution in [3.05, 3.63) is 16.3 Å². The van der Waals surface area contributed by atoms with Crippen LogP contribution >= 0.6 is 11.3 Å². The van der Waals surface area contributed by atoms with Crippen LogP contribution in [0.2, 0.25) is 0 Å². The van der Waals surface area contributed by atoms with Crippen molar-refractivity contribution >= 4 is 17.2 Å². The second-order valence-corrected chi connectivity index (χ2v) is 5.04. The fourth-order valence-corrected chi connectivity index (χ4v) is 2.79. The molecular formula is C11H16N4S. The first-order valence-corrected chi connectivity index (χ1v) is 6.12. The third-order valence-corrected chi connectivity index (χ3v) is 3.75. The van der Waals surface area contributed by atoms with E-state index in [0.29, 0.717) is 0 Å². The SMILES string of the molecule is CCc1c(-c2sc(C)nc2C)nn(C)c1N. The van der Waals surface area contributed by atoms with Gasteiger partial charge in [-0.1, -0.05) is 6.92 Å². The third kappa shape index (κ3) is 1.61. The van der Waals surface area contributed by atoms with Crippen molar-refractivity contribution < 1.29 is 0 Å². The van der Waals surface area contributed by atoms with Crippen molar-refractivity contribution in [3.63, 3.8) is 0 Å². The van der Waals surface area contributed by atoms with E-state index in [4.69, 9.17) is 5.73 Å². The third-order valence-electron chi connectivity index (χ3n) is 2.67. The largest absolute Gasteiger partial charge is 0.384 e. The summed E-state index contributed by atoms with van der Waals surface area (Å²) in [4.78, 5) is 5.57. The first kappa shape index (κ1) is 11.1. The molecule has 0 aliphatic carbocycles. The number of nitrogens with two attached hydrogens (primary N) is 1. The highest BCUT2D eigenvalue weighted by Gasteiger charge is 2.18. The summed E-state index contributed by atoms with van der Waals surface area (Å²) in [6.07, 6.45) is 0.894. The monoisotopic (exact) mass is 236 g/mol. The fourth-order valence-electron chi connectivity index (χ4n) is 1.86. The van der Waals surface area contributed by atoms with Crippen LogP contribution in [0.25, 0.3) is 10.6 Å². The van der Waals surface area contributed by atoms with Gasteiger partial charge in [0.05, 0.1) is 15.6 Å². The zero-order chi connectivity index (χ0) is 11.9. The van der Waals surface area contributed by atoms with Crippen molar-refractivity contribution in [2.24, 2.45) is 7.05 Å². The zero-order valence-corrected chi connectivity index (χ0v) is 10.9. The van der Waals surface area contributed by atoms with Crippen LogP contribution in [0.5, 0.6) is 0 Å². The molecule has 0 aromatic carbocycles. The van der Waals surface area contributed by atoms with Gasteiger partial charge in [-0.3, -0.25) is 4.68 Å². The minimum Gasteiger partial charge on any atom is -0.384 e. The highest BCUT2D eigenvalue weighted by molar-refractivity contribution is 7.15. The van der Waals surface area contributed by atoms with Crippen molar-refractivity contribution in [2.45, 2.75) is 27.2 Å². The van der Waals surface area contributed by atoms with E-state index in [1.54, 1.807) is 16.0 Å². The number of thiazole rings is 1. The van der Waals surface area contributed by atoms with Crippen LogP contribution in [0, 0.1) is 13.8 Å². The Kier molecular flexibility index (Phi) is 2.71. The van der Waals surface area contributed by atoms with Crippen molar-refractivity contribution in [1.82, 2.24) is 14.8 Å². The van der Waals surface area contributed by atoms with Gasteiger partial charge in [0.2, 0.25) is 0 Å². The number of nitrogens with zero attached hydrogens (tertiary/aromatic N) is 3. The van der Waals surface area contributed by atoms with Crippen LogP contribution in [0.15, 0.2) is 0 Å². The summed E-state index contributed by atoms with van der Waals surface area (Å²) in [6, 6.07) is 0. The smallest absolute Gasteiger partial charge is 0.125 e.